The minimum absolute atomic E-state index is 0.212. The van der Waals surface area contributed by atoms with Crippen molar-refractivity contribution < 1.29 is 14.6 Å². The number of anilines is 1. The standard InChI is InChI=1S/C15H22N2O3/c1-12-4-3-5-13(10-12)16-14(18)17(2)11-15(19)6-8-20-9-7-15/h3-5,10,19H,6-9,11H2,1-2H3,(H,16,18). The molecule has 0 radical (unpaired) electrons. The first-order valence-corrected chi connectivity index (χ1v) is 6.87. The van der Waals surface area contributed by atoms with Crippen molar-refractivity contribution in [3.8, 4) is 0 Å². The normalized spacial score (nSPS) is 17.6. The van der Waals surface area contributed by atoms with E-state index in [0.29, 0.717) is 32.6 Å². The number of hydrogen-bond donors (Lipinski definition) is 2. The van der Waals surface area contributed by atoms with Crippen LogP contribution in [0, 0.1) is 6.92 Å². The van der Waals surface area contributed by atoms with Crippen LogP contribution in [-0.4, -0.2) is 48.4 Å². The summed E-state index contributed by atoms with van der Waals surface area (Å²) in [6, 6.07) is 7.42. The molecule has 1 aromatic carbocycles. The zero-order valence-corrected chi connectivity index (χ0v) is 12.1. The molecule has 1 aromatic rings. The fourth-order valence-electron chi connectivity index (χ4n) is 2.36. The molecule has 1 saturated heterocycles. The molecule has 5 heteroatoms. The number of hydrogen-bond acceptors (Lipinski definition) is 3. The minimum atomic E-state index is -0.836. The maximum absolute atomic E-state index is 12.1. The predicted molar refractivity (Wildman–Crippen MR) is 77.8 cm³/mol. The molecule has 0 atom stereocenters. The van der Waals surface area contributed by atoms with Crippen molar-refractivity contribution in [3.05, 3.63) is 29.8 Å². The number of rotatable bonds is 3. The minimum Gasteiger partial charge on any atom is -0.388 e. The van der Waals surface area contributed by atoms with Gasteiger partial charge >= 0.3 is 6.03 Å². The number of likely N-dealkylation sites (N-methyl/N-ethyl adjacent to an activating group) is 1. The van der Waals surface area contributed by atoms with E-state index in [0.717, 1.165) is 11.3 Å². The topological polar surface area (TPSA) is 61.8 Å². The van der Waals surface area contributed by atoms with Crippen LogP contribution < -0.4 is 5.32 Å². The number of aliphatic hydroxyl groups is 1. The summed E-state index contributed by atoms with van der Waals surface area (Å²) >= 11 is 0. The van der Waals surface area contributed by atoms with Gasteiger partial charge in [-0.25, -0.2) is 4.79 Å². The summed E-state index contributed by atoms with van der Waals surface area (Å²) < 4.78 is 5.24. The molecule has 1 heterocycles. The van der Waals surface area contributed by atoms with E-state index in [1.807, 2.05) is 31.2 Å². The van der Waals surface area contributed by atoms with Crippen molar-refractivity contribution in [2.24, 2.45) is 0 Å². The van der Waals surface area contributed by atoms with E-state index in [-0.39, 0.29) is 6.03 Å². The van der Waals surface area contributed by atoms with Crippen LogP contribution in [-0.2, 0) is 4.74 Å². The van der Waals surface area contributed by atoms with Gasteiger partial charge in [0.1, 0.15) is 0 Å². The fourth-order valence-corrected chi connectivity index (χ4v) is 2.36. The molecule has 1 aliphatic rings. The molecule has 1 aliphatic heterocycles. The maximum Gasteiger partial charge on any atom is 0.321 e. The fraction of sp³-hybridized carbons (Fsp3) is 0.533. The number of urea groups is 1. The highest BCUT2D eigenvalue weighted by molar-refractivity contribution is 5.89. The lowest BCUT2D eigenvalue weighted by molar-refractivity contribution is -0.0717. The smallest absolute Gasteiger partial charge is 0.321 e. The predicted octanol–water partition coefficient (Wildman–Crippen LogP) is 2.00. The summed E-state index contributed by atoms with van der Waals surface area (Å²) in [5, 5.41) is 13.2. The number of carbonyl (C=O) groups excluding carboxylic acids is 1. The van der Waals surface area contributed by atoms with Gasteiger partial charge in [0.05, 0.1) is 12.1 Å². The lowest BCUT2D eigenvalue weighted by Gasteiger charge is -2.35. The van der Waals surface area contributed by atoms with E-state index in [1.54, 1.807) is 7.05 Å². The number of ether oxygens (including phenoxy) is 1. The van der Waals surface area contributed by atoms with Crippen LogP contribution in [0.5, 0.6) is 0 Å². The highest BCUT2D eigenvalue weighted by atomic mass is 16.5. The van der Waals surface area contributed by atoms with Gasteiger partial charge in [-0.15, -0.1) is 0 Å². The average molecular weight is 278 g/mol. The third-order valence-corrected chi connectivity index (χ3v) is 3.57. The lowest BCUT2D eigenvalue weighted by atomic mass is 9.94. The molecule has 0 aliphatic carbocycles. The summed E-state index contributed by atoms with van der Waals surface area (Å²) in [4.78, 5) is 13.6. The number of carbonyl (C=O) groups is 1. The molecule has 0 bridgehead atoms. The van der Waals surface area contributed by atoms with Crippen LogP contribution in [0.3, 0.4) is 0 Å². The van der Waals surface area contributed by atoms with Gasteiger partial charge < -0.3 is 20.1 Å². The SMILES string of the molecule is Cc1cccc(NC(=O)N(C)CC2(O)CCOCC2)c1. The molecule has 0 aromatic heterocycles. The van der Waals surface area contributed by atoms with Crippen molar-refractivity contribution in [1.29, 1.82) is 0 Å². The Kier molecular flexibility index (Phi) is 4.62. The van der Waals surface area contributed by atoms with Crippen molar-refractivity contribution in [2.75, 3.05) is 32.1 Å². The second-order valence-corrected chi connectivity index (χ2v) is 5.49. The molecule has 0 unspecified atom stereocenters. The van der Waals surface area contributed by atoms with E-state index < -0.39 is 5.60 Å². The van der Waals surface area contributed by atoms with Gasteiger partial charge in [-0.3, -0.25) is 0 Å². The number of nitrogens with one attached hydrogen (secondary N) is 1. The van der Waals surface area contributed by atoms with Crippen molar-refractivity contribution >= 4 is 11.7 Å². The van der Waals surface area contributed by atoms with E-state index in [1.165, 1.54) is 4.90 Å². The van der Waals surface area contributed by atoms with Gasteiger partial charge in [-0.2, -0.15) is 0 Å². The van der Waals surface area contributed by atoms with E-state index >= 15 is 0 Å². The molecule has 2 amide bonds. The summed E-state index contributed by atoms with van der Waals surface area (Å²) in [6.45, 7) is 3.38. The Morgan fingerprint density at radius 3 is 2.80 bits per heavy atom. The van der Waals surface area contributed by atoms with Crippen molar-refractivity contribution in [3.63, 3.8) is 0 Å². The van der Waals surface area contributed by atoms with Crippen LogP contribution in [0.2, 0.25) is 0 Å². The van der Waals surface area contributed by atoms with Crippen molar-refractivity contribution in [2.45, 2.75) is 25.4 Å². The number of amides is 2. The van der Waals surface area contributed by atoms with Crippen LogP contribution in [0.15, 0.2) is 24.3 Å². The Hall–Kier alpha value is -1.59. The molecule has 5 nitrogen and oxygen atoms in total. The number of aryl methyl sites for hydroxylation is 1. The summed E-state index contributed by atoms with van der Waals surface area (Å²) in [5.74, 6) is 0. The summed E-state index contributed by atoms with van der Waals surface area (Å²) in [5.41, 5.74) is 1.02. The monoisotopic (exact) mass is 278 g/mol. The van der Waals surface area contributed by atoms with Crippen molar-refractivity contribution in [1.82, 2.24) is 4.90 Å². The second-order valence-electron chi connectivity index (χ2n) is 5.49. The van der Waals surface area contributed by atoms with E-state index in [2.05, 4.69) is 5.32 Å². The second kappa shape index (κ2) is 6.24. The van der Waals surface area contributed by atoms with Gasteiger partial charge in [-0.1, -0.05) is 12.1 Å². The molecule has 0 saturated carbocycles. The lowest BCUT2D eigenvalue weighted by Crippen LogP contribution is -2.48. The highest BCUT2D eigenvalue weighted by Gasteiger charge is 2.32. The van der Waals surface area contributed by atoms with Crippen LogP contribution >= 0.6 is 0 Å². The van der Waals surface area contributed by atoms with Gasteiger partial charge in [0.15, 0.2) is 0 Å². The highest BCUT2D eigenvalue weighted by Crippen LogP contribution is 2.21. The first-order valence-electron chi connectivity index (χ1n) is 6.87. The maximum atomic E-state index is 12.1. The Bertz CT molecular complexity index is 470. The Morgan fingerprint density at radius 2 is 2.15 bits per heavy atom. The third kappa shape index (κ3) is 3.95. The van der Waals surface area contributed by atoms with Gasteiger partial charge in [0.2, 0.25) is 0 Å². The molecule has 0 spiro atoms. The Balaban J connectivity index is 1.91. The largest absolute Gasteiger partial charge is 0.388 e. The van der Waals surface area contributed by atoms with Crippen LogP contribution in [0.1, 0.15) is 18.4 Å². The molecule has 110 valence electrons. The molecular weight excluding hydrogens is 256 g/mol. The van der Waals surface area contributed by atoms with Gasteiger partial charge in [0.25, 0.3) is 0 Å². The number of benzene rings is 1. The molecule has 1 fully saturated rings. The first-order chi connectivity index (χ1) is 9.48. The molecule has 2 rings (SSSR count). The van der Waals surface area contributed by atoms with Crippen LogP contribution in [0.25, 0.3) is 0 Å². The molecule has 20 heavy (non-hydrogen) atoms. The zero-order valence-electron chi connectivity index (χ0n) is 12.1. The quantitative estimate of drug-likeness (QED) is 0.889. The molecule has 2 N–H and O–H groups in total. The third-order valence-electron chi connectivity index (χ3n) is 3.57. The molecular formula is C15H22N2O3. The Morgan fingerprint density at radius 1 is 1.45 bits per heavy atom. The van der Waals surface area contributed by atoms with E-state index in [9.17, 15) is 9.90 Å². The van der Waals surface area contributed by atoms with Gasteiger partial charge in [0, 0.05) is 38.8 Å². The average Bonchev–Trinajstić information content (AvgIpc) is 2.39. The summed E-state index contributed by atoms with van der Waals surface area (Å²) in [7, 11) is 1.69. The van der Waals surface area contributed by atoms with Gasteiger partial charge in [-0.05, 0) is 24.6 Å². The first kappa shape index (κ1) is 14.8. The summed E-state index contributed by atoms with van der Waals surface area (Å²) in [6.07, 6.45) is 1.13. The zero-order chi connectivity index (χ0) is 14.6. The van der Waals surface area contributed by atoms with E-state index in [4.69, 9.17) is 4.74 Å². The van der Waals surface area contributed by atoms with Crippen LogP contribution in [0.4, 0.5) is 10.5 Å². The Labute approximate surface area is 119 Å². The number of nitrogens with zero attached hydrogens (tertiary/aromatic N) is 1.